The molecule has 2 aromatic rings. The first-order valence-corrected chi connectivity index (χ1v) is 13.6. The van der Waals surface area contributed by atoms with Crippen LogP contribution in [-0.4, -0.2) is 71.8 Å². The van der Waals surface area contributed by atoms with E-state index >= 15 is 0 Å². The van der Waals surface area contributed by atoms with Crippen molar-refractivity contribution in [3.63, 3.8) is 0 Å². The first-order valence-electron chi connectivity index (χ1n) is 13.6. The first-order chi connectivity index (χ1) is 18.5. The van der Waals surface area contributed by atoms with E-state index in [2.05, 4.69) is 4.98 Å². The smallest absolute Gasteiger partial charge is 0.246 e. The second-order valence-electron chi connectivity index (χ2n) is 10.5. The van der Waals surface area contributed by atoms with E-state index in [-0.39, 0.29) is 29.7 Å². The highest BCUT2D eigenvalue weighted by molar-refractivity contribution is 6.07. The number of ether oxygens (including phenoxy) is 2. The minimum Gasteiger partial charge on any atom is -0.493 e. The summed E-state index contributed by atoms with van der Waals surface area (Å²) in [6.07, 6.45) is 9.26. The Kier molecular flexibility index (Phi) is 7.93. The molecule has 3 aliphatic rings. The number of fused-ring (bicyclic) bond motifs is 1. The number of hydrogen-bond donors (Lipinski definition) is 1. The maximum absolute atomic E-state index is 13.7. The summed E-state index contributed by atoms with van der Waals surface area (Å²) in [5, 5.41) is 6.74. The van der Waals surface area contributed by atoms with Crippen LogP contribution < -0.4 is 15.2 Å². The van der Waals surface area contributed by atoms with E-state index in [1.165, 1.54) is 0 Å². The molecular formula is C29H37N5O4. The molecule has 2 aliphatic heterocycles. The van der Waals surface area contributed by atoms with Crippen LogP contribution in [0.3, 0.4) is 0 Å². The maximum Gasteiger partial charge on any atom is 0.246 e. The van der Waals surface area contributed by atoms with Gasteiger partial charge in [0.15, 0.2) is 11.5 Å². The first kappa shape index (κ1) is 26.2. The third kappa shape index (κ3) is 5.25. The van der Waals surface area contributed by atoms with E-state index in [4.69, 9.17) is 20.3 Å². The molecule has 9 heteroatoms. The second kappa shape index (κ2) is 11.5. The molecular weight excluding hydrogens is 482 g/mol. The van der Waals surface area contributed by atoms with Gasteiger partial charge in [0.25, 0.3) is 0 Å². The number of rotatable bonds is 7. The highest BCUT2D eigenvalue weighted by Crippen LogP contribution is 2.40. The van der Waals surface area contributed by atoms with Gasteiger partial charge in [-0.2, -0.15) is 5.10 Å². The lowest BCUT2D eigenvalue weighted by molar-refractivity contribution is -0.143. The molecule has 0 bridgehead atoms. The molecule has 2 N–H and O–H groups in total. The number of hydrogen-bond acceptors (Lipinski definition) is 7. The highest BCUT2D eigenvalue weighted by Gasteiger charge is 2.44. The number of benzene rings is 1. The van der Waals surface area contributed by atoms with Gasteiger partial charge in [-0.25, -0.2) is 5.01 Å². The summed E-state index contributed by atoms with van der Waals surface area (Å²) in [6.45, 7) is 1.12. The van der Waals surface area contributed by atoms with Crippen molar-refractivity contribution in [2.45, 2.75) is 57.0 Å². The molecule has 3 atom stereocenters. The zero-order valence-corrected chi connectivity index (χ0v) is 22.2. The molecule has 3 heterocycles. The van der Waals surface area contributed by atoms with Crippen molar-refractivity contribution in [2.24, 2.45) is 22.7 Å². The van der Waals surface area contributed by atoms with Crippen molar-refractivity contribution in [3.8, 4) is 11.5 Å². The van der Waals surface area contributed by atoms with Crippen molar-refractivity contribution in [1.29, 1.82) is 0 Å². The molecule has 1 saturated heterocycles. The summed E-state index contributed by atoms with van der Waals surface area (Å²) in [7, 11) is 3.25. The van der Waals surface area contributed by atoms with Gasteiger partial charge >= 0.3 is 0 Å². The van der Waals surface area contributed by atoms with E-state index in [0.29, 0.717) is 43.9 Å². The number of methoxy groups -OCH3 is 2. The number of nitrogens with two attached hydrogens (primary N) is 1. The summed E-state index contributed by atoms with van der Waals surface area (Å²) >= 11 is 0. The summed E-state index contributed by atoms with van der Waals surface area (Å²) in [4.78, 5) is 32.6. The van der Waals surface area contributed by atoms with Crippen molar-refractivity contribution in [3.05, 3.63) is 53.9 Å². The van der Waals surface area contributed by atoms with Gasteiger partial charge in [-0.05, 0) is 68.0 Å². The molecule has 2 amide bonds. The Morgan fingerprint density at radius 2 is 1.68 bits per heavy atom. The summed E-state index contributed by atoms with van der Waals surface area (Å²) < 4.78 is 11.0. The highest BCUT2D eigenvalue weighted by atomic mass is 16.5. The van der Waals surface area contributed by atoms with Crippen LogP contribution in [-0.2, 0) is 16.0 Å². The van der Waals surface area contributed by atoms with Crippen LogP contribution in [0.4, 0.5) is 0 Å². The van der Waals surface area contributed by atoms with Gasteiger partial charge in [-0.15, -0.1) is 0 Å². The molecule has 5 rings (SSSR count). The maximum atomic E-state index is 13.7. The molecule has 1 aromatic carbocycles. The Bertz CT molecular complexity index is 1180. The minimum absolute atomic E-state index is 0.0407. The monoisotopic (exact) mass is 519 g/mol. The molecule has 0 unspecified atom stereocenters. The third-order valence-corrected chi connectivity index (χ3v) is 8.20. The van der Waals surface area contributed by atoms with Gasteiger partial charge in [0, 0.05) is 42.9 Å². The Balaban J connectivity index is 1.32. The van der Waals surface area contributed by atoms with Crippen LogP contribution in [0.5, 0.6) is 11.5 Å². The lowest BCUT2D eigenvalue weighted by Gasteiger charge is -2.43. The van der Waals surface area contributed by atoms with E-state index in [0.717, 1.165) is 42.5 Å². The Hall–Kier alpha value is -3.46. The Morgan fingerprint density at radius 3 is 2.37 bits per heavy atom. The largest absolute Gasteiger partial charge is 0.493 e. The van der Waals surface area contributed by atoms with E-state index in [9.17, 15) is 9.59 Å². The molecule has 9 nitrogen and oxygen atoms in total. The topological polar surface area (TPSA) is 110 Å². The van der Waals surface area contributed by atoms with Crippen molar-refractivity contribution >= 4 is 17.5 Å². The fourth-order valence-corrected chi connectivity index (χ4v) is 6.12. The zero-order valence-electron chi connectivity index (χ0n) is 22.2. The molecule has 1 aliphatic carbocycles. The quantitative estimate of drug-likeness (QED) is 0.602. The number of pyridine rings is 1. The van der Waals surface area contributed by atoms with Gasteiger partial charge in [0.2, 0.25) is 11.8 Å². The molecule has 0 radical (unpaired) electrons. The average Bonchev–Trinajstić information content (AvgIpc) is 2.97. The van der Waals surface area contributed by atoms with Crippen molar-refractivity contribution < 1.29 is 19.1 Å². The van der Waals surface area contributed by atoms with Crippen LogP contribution in [0.15, 0.2) is 47.8 Å². The molecule has 202 valence electrons. The number of amides is 2. The lowest BCUT2D eigenvalue weighted by Crippen LogP contribution is -2.54. The molecule has 1 saturated carbocycles. The van der Waals surface area contributed by atoms with Crippen LogP contribution in [0.25, 0.3) is 0 Å². The van der Waals surface area contributed by atoms with Crippen molar-refractivity contribution in [1.82, 2.24) is 14.9 Å². The third-order valence-electron chi connectivity index (χ3n) is 8.20. The number of aromatic nitrogens is 1. The SMILES string of the molecule is COc1ccc(C2=NN(C3CCN(C(=O)[C@@H](N)Cc4ccncc4)CC3)C(=O)[C@@H]3CCCC[C@H]23)cc1OC. The Morgan fingerprint density at radius 1 is 1.00 bits per heavy atom. The van der Waals surface area contributed by atoms with Gasteiger partial charge in [-0.3, -0.25) is 14.6 Å². The number of nitrogens with zero attached hydrogens (tertiary/aromatic N) is 4. The predicted octanol–water partition coefficient (Wildman–Crippen LogP) is 3.01. The van der Waals surface area contributed by atoms with Crippen LogP contribution in [0, 0.1) is 11.8 Å². The summed E-state index contributed by atoms with van der Waals surface area (Å²) in [5.41, 5.74) is 9.17. The molecule has 0 spiro atoms. The lowest BCUT2D eigenvalue weighted by atomic mass is 9.73. The zero-order chi connectivity index (χ0) is 26.6. The fraction of sp³-hybridized carbons (Fsp3) is 0.517. The second-order valence-corrected chi connectivity index (χ2v) is 10.5. The van der Waals surface area contributed by atoms with Gasteiger partial charge in [0.1, 0.15) is 0 Å². The number of likely N-dealkylation sites (tertiary alicyclic amines) is 1. The van der Waals surface area contributed by atoms with Crippen molar-refractivity contribution in [2.75, 3.05) is 27.3 Å². The molecule has 38 heavy (non-hydrogen) atoms. The summed E-state index contributed by atoms with van der Waals surface area (Å²) in [5.74, 6) is 1.44. The standard InChI is InChI=1S/C29H37N5O4/c1-37-25-8-7-20(18-26(25)38-2)27-22-5-3-4-6-23(22)28(35)34(32-27)21-11-15-33(16-12-21)29(36)24(30)17-19-9-13-31-14-10-19/h7-10,13-14,18,21-24H,3-6,11-12,15-17,30H2,1-2H3/t22-,23+,24-/m0/s1. The number of piperidine rings is 1. The van der Waals surface area contributed by atoms with Crippen LogP contribution in [0.2, 0.25) is 0 Å². The van der Waals surface area contributed by atoms with E-state index in [1.807, 2.05) is 35.2 Å². The Labute approximate surface area is 224 Å². The van der Waals surface area contributed by atoms with E-state index in [1.54, 1.807) is 31.6 Å². The van der Waals surface area contributed by atoms with E-state index < -0.39 is 6.04 Å². The van der Waals surface area contributed by atoms with Crippen LogP contribution >= 0.6 is 0 Å². The normalized spacial score (nSPS) is 22.9. The van der Waals surface area contributed by atoms with Gasteiger partial charge in [-0.1, -0.05) is 12.8 Å². The van der Waals surface area contributed by atoms with Gasteiger partial charge < -0.3 is 20.1 Å². The number of hydrazone groups is 1. The fourth-order valence-electron chi connectivity index (χ4n) is 6.12. The molecule has 2 fully saturated rings. The predicted molar refractivity (Wildman–Crippen MR) is 144 cm³/mol. The summed E-state index contributed by atoms with van der Waals surface area (Å²) in [6, 6.07) is 8.99. The van der Waals surface area contributed by atoms with Crippen LogP contribution in [0.1, 0.15) is 49.7 Å². The van der Waals surface area contributed by atoms with Gasteiger partial charge in [0.05, 0.1) is 32.0 Å². The minimum atomic E-state index is -0.594. The molecule has 1 aromatic heterocycles. The average molecular weight is 520 g/mol. The number of carbonyl (C=O) groups is 2. The number of carbonyl (C=O) groups excluding carboxylic acids is 2.